The van der Waals surface area contributed by atoms with Gasteiger partial charge in [0.15, 0.2) is 0 Å². The zero-order valence-corrected chi connectivity index (χ0v) is 15.2. The van der Waals surface area contributed by atoms with E-state index in [1.807, 2.05) is 31.2 Å². The Morgan fingerprint density at radius 3 is 2.75 bits per heavy atom. The van der Waals surface area contributed by atoms with Crippen LogP contribution in [0.15, 0.2) is 67.0 Å². The number of halogens is 1. The Labute approximate surface area is 161 Å². The number of aromatic nitrogens is 4. The van der Waals surface area contributed by atoms with Crippen LogP contribution in [-0.2, 0) is 6.54 Å². The summed E-state index contributed by atoms with van der Waals surface area (Å²) in [6, 6.07) is 16.1. The van der Waals surface area contributed by atoms with E-state index in [1.54, 1.807) is 35.1 Å². The van der Waals surface area contributed by atoms with Crippen LogP contribution >= 0.6 is 0 Å². The van der Waals surface area contributed by atoms with Crippen LogP contribution in [0, 0.1) is 12.7 Å². The summed E-state index contributed by atoms with van der Waals surface area (Å²) in [6.07, 6.45) is 3.18. The van der Waals surface area contributed by atoms with Crippen molar-refractivity contribution in [2.75, 3.05) is 5.32 Å². The van der Waals surface area contributed by atoms with E-state index in [9.17, 15) is 9.18 Å². The number of amides is 1. The highest BCUT2D eigenvalue weighted by Crippen LogP contribution is 2.19. The van der Waals surface area contributed by atoms with Crippen molar-refractivity contribution >= 4 is 11.6 Å². The molecule has 7 heteroatoms. The number of H-pyrrole nitrogens is 1. The molecule has 0 aliphatic carbocycles. The van der Waals surface area contributed by atoms with Crippen LogP contribution in [0.25, 0.3) is 11.3 Å². The molecule has 0 aliphatic rings. The van der Waals surface area contributed by atoms with Crippen molar-refractivity contribution in [1.82, 2.24) is 20.0 Å². The molecule has 0 saturated carbocycles. The Balaban J connectivity index is 1.44. The van der Waals surface area contributed by atoms with Gasteiger partial charge in [0.25, 0.3) is 5.91 Å². The first kappa shape index (κ1) is 17.7. The van der Waals surface area contributed by atoms with Crippen molar-refractivity contribution in [2.24, 2.45) is 0 Å². The maximum atomic E-state index is 13.8. The number of aromatic amines is 1. The summed E-state index contributed by atoms with van der Waals surface area (Å²) < 4.78 is 15.3. The monoisotopic (exact) mass is 375 g/mol. The molecule has 2 N–H and O–H groups in total. The molecule has 2 heterocycles. The van der Waals surface area contributed by atoms with Crippen LogP contribution in [0.5, 0.6) is 0 Å². The first-order valence-electron chi connectivity index (χ1n) is 8.78. The molecule has 0 radical (unpaired) electrons. The van der Waals surface area contributed by atoms with Crippen molar-refractivity contribution in [3.63, 3.8) is 0 Å². The minimum absolute atomic E-state index is 0.282. The minimum Gasteiger partial charge on any atom is -0.318 e. The van der Waals surface area contributed by atoms with Gasteiger partial charge in [-0.15, -0.1) is 0 Å². The maximum absolute atomic E-state index is 13.8. The van der Waals surface area contributed by atoms with Gasteiger partial charge in [-0.25, -0.2) is 4.39 Å². The van der Waals surface area contributed by atoms with E-state index in [-0.39, 0.29) is 18.3 Å². The van der Waals surface area contributed by atoms with Gasteiger partial charge in [-0.3, -0.25) is 14.6 Å². The van der Waals surface area contributed by atoms with Gasteiger partial charge in [-0.05, 0) is 19.1 Å². The van der Waals surface area contributed by atoms with E-state index < -0.39 is 0 Å². The zero-order valence-electron chi connectivity index (χ0n) is 15.2. The van der Waals surface area contributed by atoms with Crippen LogP contribution in [0.3, 0.4) is 0 Å². The summed E-state index contributed by atoms with van der Waals surface area (Å²) in [5, 5.41) is 13.9. The number of hydrogen-bond donors (Lipinski definition) is 2. The summed E-state index contributed by atoms with van der Waals surface area (Å²) in [6.45, 7) is 2.30. The number of nitrogens with one attached hydrogen (secondary N) is 2. The third kappa shape index (κ3) is 3.83. The second-order valence-electron chi connectivity index (χ2n) is 6.51. The fourth-order valence-electron chi connectivity index (χ4n) is 2.82. The number of aryl methyl sites for hydroxylation is 1. The van der Waals surface area contributed by atoms with Gasteiger partial charge < -0.3 is 5.32 Å². The Kier molecular flexibility index (Phi) is 4.72. The zero-order chi connectivity index (χ0) is 19.5. The number of nitrogens with zero attached hydrogens (tertiary/aromatic N) is 3. The van der Waals surface area contributed by atoms with Crippen LogP contribution in [0.2, 0.25) is 0 Å². The first-order chi connectivity index (χ1) is 13.6. The molecule has 28 heavy (non-hydrogen) atoms. The number of rotatable bonds is 5. The number of hydrogen-bond acceptors (Lipinski definition) is 3. The van der Waals surface area contributed by atoms with Crippen molar-refractivity contribution < 1.29 is 9.18 Å². The van der Waals surface area contributed by atoms with Crippen molar-refractivity contribution in [3.8, 4) is 11.3 Å². The fraction of sp³-hybridized carbons (Fsp3) is 0.0952. The van der Waals surface area contributed by atoms with Gasteiger partial charge in [0.05, 0.1) is 24.1 Å². The largest absolute Gasteiger partial charge is 0.318 e. The Bertz CT molecular complexity index is 1110. The number of anilines is 1. The number of benzene rings is 2. The second kappa shape index (κ2) is 7.48. The molecule has 0 bridgehead atoms. The molecule has 2 aromatic carbocycles. The van der Waals surface area contributed by atoms with E-state index in [0.29, 0.717) is 22.6 Å². The number of carbonyl (C=O) groups is 1. The molecule has 0 unspecified atom stereocenters. The topological polar surface area (TPSA) is 75.6 Å². The third-order valence-electron chi connectivity index (χ3n) is 4.35. The first-order valence-corrected chi connectivity index (χ1v) is 8.78. The minimum atomic E-state index is -0.323. The predicted octanol–water partition coefficient (Wildman–Crippen LogP) is 4.02. The maximum Gasteiger partial charge on any atom is 0.273 e. The summed E-state index contributed by atoms with van der Waals surface area (Å²) in [7, 11) is 0. The molecular weight excluding hydrogens is 357 g/mol. The average Bonchev–Trinajstić information content (AvgIpc) is 3.34. The third-order valence-corrected chi connectivity index (χ3v) is 4.35. The van der Waals surface area contributed by atoms with Gasteiger partial charge in [0.2, 0.25) is 0 Å². The van der Waals surface area contributed by atoms with Crippen LogP contribution < -0.4 is 5.32 Å². The molecule has 1 amide bonds. The lowest BCUT2D eigenvalue weighted by Gasteiger charge is -2.03. The molecule has 0 aliphatic heterocycles. The molecule has 2 aromatic heterocycles. The molecule has 0 fully saturated rings. The average molecular weight is 375 g/mol. The molecule has 0 spiro atoms. The Hall–Kier alpha value is -3.74. The smallest absolute Gasteiger partial charge is 0.273 e. The van der Waals surface area contributed by atoms with E-state index in [4.69, 9.17) is 0 Å². The van der Waals surface area contributed by atoms with Gasteiger partial charge in [0.1, 0.15) is 11.5 Å². The van der Waals surface area contributed by atoms with Crippen LogP contribution in [-0.4, -0.2) is 25.9 Å². The normalized spacial score (nSPS) is 10.8. The second-order valence-corrected chi connectivity index (χ2v) is 6.51. The lowest BCUT2D eigenvalue weighted by molar-refractivity contribution is 0.102. The highest BCUT2D eigenvalue weighted by molar-refractivity contribution is 6.03. The Morgan fingerprint density at radius 1 is 1.18 bits per heavy atom. The summed E-state index contributed by atoms with van der Waals surface area (Å²) in [5.41, 5.74) is 4.17. The SMILES string of the molecule is Cc1ccc(-c2cc(C(=O)Nc3cnn(Cc4ccccc4F)c3)[nH]n2)cc1. The van der Waals surface area contributed by atoms with Crippen molar-refractivity contribution in [1.29, 1.82) is 0 Å². The number of carbonyl (C=O) groups excluding carboxylic acids is 1. The van der Waals surface area contributed by atoms with Gasteiger partial charge in [0, 0.05) is 17.3 Å². The van der Waals surface area contributed by atoms with E-state index in [2.05, 4.69) is 20.6 Å². The van der Waals surface area contributed by atoms with Crippen LogP contribution in [0.1, 0.15) is 21.6 Å². The predicted molar refractivity (Wildman–Crippen MR) is 104 cm³/mol. The fourth-order valence-corrected chi connectivity index (χ4v) is 2.82. The molecule has 4 aromatic rings. The molecule has 4 rings (SSSR count). The quantitative estimate of drug-likeness (QED) is 0.553. The molecule has 0 saturated heterocycles. The molecule has 0 atom stereocenters. The highest BCUT2D eigenvalue weighted by atomic mass is 19.1. The Morgan fingerprint density at radius 2 is 1.96 bits per heavy atom. The van der Waals surface area contributed by atoms with E-state index in [0.717, 1.165) is 11.1 Å². The van der Waals surface area contributed by atoms with E-state index in [1.165, 1.54) is 12.3 Å². The molecular formula is C21H18FN5O. The van der Waals surface area contributed by atoms with Crippen molar-refractivity contribution in [2.45, 2.75) is 13.5 Å². The van der Waals surface area contributed by atoms with Gasteiger partial charge in [-0.2, -0.15) is 10.2 Å². The van der Waals surface area contributed by atoms with E-state index >= 15 is 0 Å². The van der Waals surface area contributed by atoms with Gasteiger partial charge in [-0.1, -0.05) is 48.0 Å². The van der Waals surface area contributed by atoms with Gasteiger partial charge >= 0.3 is 0 Å². The standard InChI is InChI=1S/C21H18FN5O/c1-14-6-8-15(9-7-14)19-10-20(26-25-19)21(28)24-17-11-23-27(13-17)12-16-4-2-3-5-18(16)22/h2-11,13H,12H2,1H3,(H,24,28)(H,25,26). The molecule has 140 valence electrons. The lowest BCUT2D eigenvalue weighted by Crippen LogP contribution is -2.11. The summed E-state index contributed by atoms with van der Waals surface area (Å²) in [5.74, 6) is -0.610. The van der Waals surface area contributed by atoms with Crippen molar-refractivity contribution in [3.05, 3.63) is 89.6 Å². The summed E-state index contributed by atoms with van der Waals surface area (Å²) in [4.78, 5) is 12.5. The molecule has 6 nitrogen and oxygen atoms in total. The highest BCUT2D eigenvalue weighted by Gasteiger charge is 2.12. The summed E-state index contributed by atoms with van der Waals surface area (Å²) >= 11 is 0. The van der Waals surface area contributed by atoms with Crippen LogP contribution in [0.4, 0.5) is 10.1 Å². The lowest BCUT2D eigenvalue weighted by atomic mass is 10.1.